The zero-order chi connectivity index (χ0) is 10.9. The maximum Gasteiger partial charge on any atom is 0.00898 e. The molecule has 0 bridgehead atoms. The van der Waals surface area contributed by atoms with Crippen molar-refractivity contribution in [2.45, 2.75) is 66.5 Å². The molecule has 1 fully saturated rings. The topological polar surface area (TPSA) is 12.0 Å². The van der Waals surface area contributed by atoms with Gasteiger partial charge in [0.25, 0.3) is 0 Å². The van der Waals surface area contributed by atoms with E-state index < -0.39 is 0 Å². The van der Waals surface area contributed by atoms with E-state index in [1.807, 2.05) is 0 Å². The van der Waals surface area contributed by atoms with Gasteiger partial charge in [-0.1, -0.05) is 34.6 Å². The van der Waals surface area contributed by atoms with Crippen LogP contribution in [0, 0.1) is 17.3 Å². The third-order valence-corrected chi connectivity index (χ3v) is 3.90. The summed E-state index contributed by atoms with van der Waals surface area (Å²) in [5.74, 6) is 1.85. The van der Waals surface area contributed by atoms with Gasteiger partial charge in [-0.05, 0) is 37.0 Å². The molecule has 1 rings (SSSR count). The van der Waals surface area contributed by atoms with Gasteiger partial charge >= 0.3 is 0 Å². The fourth-order valence-electron chi connectivity index (χ4n) is 1.95. The SMILES string of the molecule is CC(C)C1CC(NC(C)C(C)(C)C)C1. The largest absolute Gasteiger partial charge is 0.311 e. The van der Waals surface area contributed by atoms with Crippen LogP contribution in [0.2, 0.25) is 0 Å². The van der Waals surface area contributed by atoms with E-state index in [1.165, 1.54) is 12.8 Å². The number of hydrogen-bond donors (Lipinski definition) is 1. The fourth-order valence-corrected chi connectivity index (χ4v) is 1.95. The molecule has 1 aliphatic rings. The summed E-state index contributed by atoms with van der Waals surface area (Å²) in [6, 6.07) is 1.41. The quantitative estimate of drug-likeness (QED) is 0.731. The Bertz CT molecular complexity index is 172. The van der Waals surface area contributed by atoms with Crippen LogP contribution in [0.1, 0.15) is 54.4 Å². The van der Waals surface area contributed by atoms with Gasteiger partial charge in [-0.3, -0.25) is 0 Å². The molecule has 1 atom stereocenters. The van der Waals surface area contributed by atoms with Crippen LogP contribution in [0.3, 0.4) is 0 Å². The lowest BCUT2D eigenvalue weighted by atomic mass is 9.73. The van der Waals surface area contributed by atoms with E-state index in [0.29, 0.717) is 11.5 Å². The molecule has 1 nitrogen and oxygen atoms in total. The highest BCUT2D eigenvalue weighted by Gasteiger charge is 2.33. The maximum absolute atomic E-state index is 3.74. The van der Waals surface area contributed by atoms with E-state index in [9.17, 15) is 0 Å². The van der Waals surface area contributed by atoms with Crippen LogP contribution in [0.5, 0.6) is 0 Å². The Kier molecular flexibility index (Phi) is 3.63. The molecule has 0 aromatic carbocycles. The summed E-state index contributed by atoms with van der Waals surface area (Å²) in [4.78, 5) is 0. The normalized spacial score (nSPS) is 30.2. The minimum Gasteiger partial charge on any atom is -0.311 e. The van der Waals surface area contributed by atoms with Crippen LogP contribution in [0.25, 0.3) is 0 Å². The predicted octanol–water partition coefficient (Wildman–Crippen LogP) is 3.45. The Balaban J connectivity index is 2.23. The average Bonchev–Trinajstić information content (AvgIpc) is 1.92. The molecule has 1 aliphatic carbocycles. The molecule has 84 valence electrons. The van der Waals surface area contributed by atoms with E-state index in [2.05, 4.69) is 46.9 Å². The van der Waals surface area contributed by atoms with E-state index in [1.54, 1.807) is 0 Å². The molecule has 14 heavy (non-hydrogen) atoms. The summed E-state index contributed by atoms with van der Waals surface area (Å²) in [6.07, 6.45) is 2.77. The summed E-state index contributed by atoms with van der Waals surface area (Å²) < 4.78 is 0. The van der Waals surface area contributed by atoms with Crippen LogP contribution in [0.15, 0.2) is 0 Å². The highest BCUT2D eigenvalue weighted by molar-refractivity contribution is 4.90. The monoisotopic (exact) mass is 197 g/mol. The molecule has 0 aromatic rings. The van der Waals surface area contributed by atoms with Crippen molar-refractivity contribution in [3.05, 3.63) is 0 Å². The second-order valence-corrected chi connectivity index (χ2v) is 6.43. The lowest BCUT2D eigenvalue weighted by Gasteiger charge is -2.42. The third kappa shape index (κ3) is 2.98. The minimum absolute atomic E-state index is 0.392. The van der Waals surface area contributed by atoms with E-state index >= 15 is 0 Å². The molecular weight excluding hydrogens is 170 g/mol. The first-order valence-electron chi connectivity index (χ1n) is 6.06. The van der Waals surface area contributed by atoms with Crippen molar-refractivity contribution in [2.75, 3.05) is 0 Å². The summed E-state index contributed by atoms with van der Waals surface area (Å²) in [7, 11) is 0. The van der Waals surface area contributed by atoms with Crippen molar-refractivity contribution in [1.82, 2.24) is 5.32 Å². The first kappa shape index (κ1) is 12.0. The highest BCUT2D eigenvalue weighted by Crippen LogP contribution is 2.34. The van der Waals surface area contributed by atoms with Crippen LogP contribution in [-0.2, 0) is 0 Å². The predicted molar refractivity (Wildman–Crippen MR) is 63.4 cm³/mol. The summed E-state index contributed by atoms with van der Waals surface area (Å²) >= 11 is 0. The molecule has 1 saturated carbocycles. The van der Waals surface area contributed by atoms with Gasteiger partial charge in [-0.25, -0.2) is 0 Å². The van der Waals surface area contributed by atoms with Gasteiger partial charge in [0, 0.05) is 12.1 Å². The zero-order valence-corrected chi connectivity index (χ0v) is 10.7. The summed E-state index contributed by atoms with van der Waals surface area (Å²) in [6.45, 7) is 13.9. The van der Waals surface area contributed by atoms with Gasteiger partial charge in [-0.2, -0.15) is 0 Å². The Hall–Kier alpha value is -0.0400. The first-order chi connectivity index (χ1) is 6.30. The second kappa shape index (κ2) is 4.22. The van der Waals surface area contributed by atoms with Crippen molar-refractivity contribution >= 4 is 0 Å². The molecule has 0 heterocycles. The van der Waals surface area contributed by atoms with Gasteiger partial charge in [0.15, 0.2) is 0 Å². The molecule has 1 heteroatoms. The first-order valence-corrected chi connectivity index (χ1v) is 6.06. The molecule has 0 saturated heterocycles. The van der Waals surface area contributed by atoms with E-state index in [-0.39, 0.29) is 0 Å². The van der Waals surface area contributed by atoms with Crippen molar-refractivity contribution in [1.29, 1.82) is 0 Å². The van der Waals surface area contributed by atoms with Crippen molar-refractivity contribution < 1.29 is 0 Å². The average molecular weight is 197 g/mol. The Labute approximate surface area is 89.7 Å². The van der Waals surface area contributed by atoms with Crippen LogP contribution >= 0.6 is 0 Å². The number of hydrogen-bond acceptors (Lipinski definition) is 1. The van der Waals surface area contributed by atoms with Crippen molar-refractivity contribution in [2.24, 2.45) is 17.3 Å². The highest BCUT2D eigenvalue weighted by atomic mass is 15.0. The van der Waals surface area contributed by atoms with Crippen LogP contribution in [0.4, 0.5) is 0 Å². The van der Waals surface area contributed by atoms with Crippen molar-refractivity contribution in [3.63, 3.8) is 0 Å². The Morgan fingerprint density at radius 1 is 1.07 bits per heavy atom. The van der Waals surface area contributed by atoms with Crippen LogP contribution < -0.4 is 5.32 Å². The van der Waals surface area contributed by atoms with Crippen molar-refractivity contribution in [3.8, 4) is 0 Å². The lowest BCUT2D eigenvalue weighted by molar-refractivity contribution is 0.135. The molecule has 0 amide bonds. The number of rotatable bonds is 3. The molecule has 1 unspecified atom stereocenters. The number of nitrogens with one attached hydrogen (secondary N) is 1. The van der Waals surface area contributed by atoms with Gasteiger partial charge in [-0.15, -0.1) is 0 Å². The molecule has 0 aromatic heterocycles. The standard InChI is InChI=1S/C13H27N/c1-9(2)11-7-12(8-11)14-10(3)13(4,5)6/h9-12,14H,7-8H2,1-6H3. The minimum atomic E-state index is 0.392. The summed E-state index contributed by atoms with van der Waals surface area (Å²) in [5, 5.41) is 3.74. The molecular formula is C13H27N. The Morgan fingerprint density at radius 3 is 1.93 bits per heavy atom. The van der Waals surface area contributed by atoms with Gasteiger partial charge in [0.05, 0.1) is 0 Å². The van der Waals surface area contributed by atoms with Crippen LogP contribution in [-0.4, -0.2) is 12.1 Å². The van der Waals surface area contributed by atoms with E-state index in [0.717, 1.165) is 17.9 Å². The summed E-state index contributed by atoms with van der Waals surface area (Å²) in [5.41, 5.74) is 0.392. The lowest BCUT2D eigenvalue weighted by Crippen LogP contribution is -2.50. The van der Waals surface area contributed by atoms with Gasteiger partial charge < -0.3 is 5.32 Å². The van der Waals surface area contributed by atoms with Gasteiger partial charge in [0.2, 0.25) is 0 Å². The molecule has 0 spiro atoms. The third-order valence-electron chi connectivity index (χ3n) is 3.90. The molecule has 0 aliphatic heterocycles. The molecule has 1 N–H and O–H groups in total. The van der Waals surface area contributed by atoms with E-state index in [4.69, 9.17) is 0 Å². The smallest absolute Gasteiger partial charge is 0.00898 e. The maximum atomic E-state index is 3.74. The zero-order valence-electron chi connectivity index (χ0n) is 10.7. The fraction of sp³-hybridized carbons (Fsp3) is 1.00. The Morgan fingerprint density at radius 2 is 1.57 bits per heavy atom. The second-order valence-electron chi connectivity index (χ2n) is 6.43. The van der Waals surface area contributed by atoms with Gasteiger partial charge in [0.1, 0.15) is 0 Å². The molecule has 0 radical (unpaired) electrons.